The van der Waals surface area contributed by atoms with Crippen molar-refractivity contribution in [1.82, 2.24) is 9.88 Å². The molecule has 2 heterocycles. The Morgan fingerprint density at radius 3 is 2.89 bits per heavy atom. The Morgan fingerprint density at radius 1 is 1.32 bits per heavy atom. The predicted molar refractivity (Wildman–Crippen MR) is 81.9 cm³/mol. The van der Waals surface area contributed by atoms with Crippen LogP contribution in [0.2, 0.25) is 0 Å². The molecule has 1 N–H and O–H groups in total. The van der Waals surface area contributed by atoms with Gasteiger partial charge in [0.2, 0.25) is 0 Å². The van der Waals surface area contributed by atoms with E-state index in [1.165, 1.54) is 12.1 Å². The van der Waals surface area contributed by atoms with Crippen molar-refractivity contribution in [2.24, 2.45) is 0 Å². The number of likely N-dealkylation sites (N-methyl/N-ethyl adjacent to an activating group) is 1. The van der Waals surface area contributed by atoms with Gasteiger partial charge in [-0.2, -0.15) is 0 Å². The molecular weight excluding hydrogens is 236 g/mol. The second-order valence-electron chi connectivity index (χ2n) is 5.35. The normalized spacial score (nSPS) is 20.6. The Morgan fingerprint density at radius 2 is 2.16 bits per heavy atom. The smallest absolute Gasteiger partial charge is 0.0574 e. The fourth-order valence-electron chi connectivity index (χ4n) is 2.59. The molecule has 0 spiro atoms. The van der Waals surface area contributed by atoms with E-state index in [2.05, 4.69) is 47.1 Å². The van der Waals surface area contributed by atoms with E-state index in [0.717, 1.165) is 38.3 Å². The molecule has 0 radical (unpaired) electrons. The average Bonchev–Trinajstić information content (AvgIpc) is 2.46. The number of nitrogens with zero attached hydrogens (tertiary/aromatic N) is 3. The quantitative estimate of drug-likeness (QED) is 0.883. The molecule has 1 unspecified atom stereocenters. The molecule has 1 aliphatic rings. The second kappa shape index (κ2) is 6.75. The molecule has 1 atom stereocenters. The molecule has 1 saturated heterocycles. The van der Waals surface area contributed by atoms with Gasteiger partial charge >= 0.3 is 0 Å². The third kappa shape index (κ3) is 3.60. The molecule has 4 nitrogen and oxygen atoms in total. The zero-order valence-corrected chi connectivity index (χ0v) is 12.4. The van der Waals surface area contributed by atoms with Crippen LogP contribution in [0, 0.1) is 0 Å². The summed E-state index contributed by atoms with van der Waals surface area (Å²) in [4.78, 5) is 9.28. The molecule has 1 aromatic heterocycles. The summed E-state index contributed by atoms with van der Waals surface area (Å²) in [5, 5.41) is 3.41. The number of anilines is 2. The highest BCUT2D eigenvalue weighted by Crippen LogP contribution is 2.21. The van der Waals surface area contributed by atoms with Gasteiger partial charge in [-0.3, -0.25) is 9.88 Å². The lowest BCUT2D eigenvalue weighted by Crippen LogP contribution is -2.51. The highest BCUT2D eigenvalue weighted by Gasteiger charge is 2.23. The maximum absolute atomic E-state index is 4.36. The Hall–Kier alpha value is -1.29. The van der Waals surface area contributed by atoms with Gasteiger partial charge in [-0.05, 0) is 26.0 Å². The zero-order valence-electron chi connectivity index (χ0n) is 12.4. The predicted octanol–water partition coefficient (Wildman–Crippen LogP) is 2.43. The molecule has 4 heteroatoms. The Kier molecular flexibility index (Phi) is 5.02. The lowest BCUT2D eigenvalue weighted by atomic mass is 10.1. The van der Waals surface area contributed by atoms with Crippen LogP contribution in [0.5, 0.6) is 0 Å². The summed E-state index contributed by atoms with van der Waals surface area (Å²) in [6.07, 6.45) is 6.23. The van der Waals surface area contributed by atoms with Crippen molar-refractivity contribution < 1.29 is 0 Å². The summed E-state index contributed by atoms with van der Waals surface area (Å²) >= 11 is 0. The topological polar surface area (TPSA) is 31.4 Å². The van der Waals surface area contributed by atoms with E-state index < -0.39 is 0 Å². The van der Waals surface area contributed by atoms with E-state index in [1.54, 1.807) is 0 Å². The first-order valence-corrected chi connectivity index (χ1v) is 7.38. The highest BCUT2D eigenvalue weighted by atomic mass is 15.3. The number of hydrogen-bond donors (Lipinski definition) is 1. The molecule has 1 fully saturated rings. The van der Waals surface area contributed by atoms with Crippen LogP contribution in [0.4, 0.5) is 11.4 Å². The third-order valence-electron chi connectivity index (χ3n) is 3.92. The number of aromatic nitrogens is 1. The van der Waals surface area contributed by atoms with Gasteiger partial charge in [-0.25, -0.2) is 0 Å². The number of nitrogens with one attached hydrogen (secondary N) is 1. The first kappa shape index (κ1) is 14.1. The SMILES string of the molecule is CCCNc1cncc(N2CCN(C)C(CC)C2)c1. The minimum atomic E-state index is 0.654. The summed E-state index contributed by atoms with van der Waals surface area (Å²) in [5.41, 5.74) is 2.37. The van der Waals surface area contributed by atoms with Crippen molar-refractivity contribution in [3.63, 3.8) is 0 Å². The summed E-state index contributed by atoms with van der Waals surface area (Å²) in [5.74, 6) is 0. The van der Waals surface area contributed by atoms with Crippen LogP contribution in [0.15, 0.2) is 18.5 Å². The van der Waals surface area contributed by atoms with Crippen LogP contribution in [0.25, 0.3) is 0 Å². The summed E-state index contributed by atoms with van der Waals surface area (Å²) in [6.45, 7) is 8.77. The van der Waals surface area contributed by atoms with Gasteiger partial charge in [-0.15, -0.1) is 0 Å². The molecule has 0 aliphatic carbocycles. The standard InChI is InChI=1S/C15H26N4/c1-4-6-17-13-9-15(11-16-10-13)19-8-7-18(3)14(5-2)12-19/h9-11,14,17H,4-8,12H2,1-3H3. The van der Waals surface area contributed by atoms with Gasteiger partial charge < -0.3 is 10.2 Å². The van der Waals surface area contributed by atoms with E-state index in [4.69, 9.17) is 0 Å². The van der Waals surface area contributed by atoms with Crippen molar-refractivity contribution in [2.45, 2.75) is 32.7 Å². The van der Waals surface area contributed by atoms with Gasteiger partial charge in [0.1, 0.15) is 0 Å². The van der Waals surface area contributed by atoms with E-state index in [0.29, 0.717) is 6.04 Å². The molecule has 0 amide bonds. The highest BCUT2D eigenvalue weighted by molar-refractivity contribution is 5.56. The van der Waals surface area contributed by atoms with Crippen molar-refractivity contribution in [3.8, 4) is 0 Å². The number of hydrogen-bond acceptors (Lipinski definition) is 4. The summed E-state index contributed by atoms with van der Waals surface area (Å²) in [7, 11) is 2.23. The first-order valence-electron chi connectivity index (χ1n) is 7.38. The monoisotopic (exact) mass is 262 g/mol. The van der Waals surface area contributed by atoms with Crippen molar-refractivity contribution in [1.29, 1.82) is 0 Å². The fourth-order valence-corrected chi connectivity index (χ4v) is 2.59. The van der Waals surface area contributed by atoms with Crippen LogP contribution in [0.3, 0.4) is 0 Å². The fraction of sp³-hybridized carbons (Fsp3) is 0.667. The number of piperazine rings is 1. The molecule has 1 aromatic rings. The average molecular weight is 262 g/mol. The zero-order chi connectivity index (χ0) is 13.7. The molecule has 0 aromatic carbocycles. The minimum absolute atomic E-state index is 0.654. The van der Waals surface area contributed by atoms with Crippen LogP contribution in [-0.4, -0.2) is 49.2 Å². The van der Waals surface area contributed by atoms with Crippen molar-refractivity contribution in [3.05, 3.63) is 18.5 Å². The van der Waals surface area contributed by atoms with E-state index in [9.17, 15) is 0 Å². The van der Waals surface area contributed by atoms with Crippen LogP contribution in [0.1, 0.15) is 26.7 Å². The van der Waals surface area contributed by atoms with Crippen molar-refractivity contribution >= 4 is 11.4 Å². The van der Waals surface area contributed by atoms with Gasteiger partial charge in [0.05, 0.1) is 23.8 Å². The van der Waals surface area contributed by atoms with Gasteiger partial charge in [-0.1, -0.05) is 13.8 Å². The van der Waals surface area contributed by atoms with Crippen LogP contribution in [-0.2, 0) is 0 Å². The van der Waals surface area contributed by atoms with Gasteiger partial charge in [0.15, 0.2) is 0 Å². The molecule has 1 aliphatic heterocycles. The Bertz CT molecular complexity index is 393. The second-order valence-corrected chi connectivity index (χ2v) is 5.35. The number of pyridine rings is 1. The third-order valence-corrected chi connectivity index (χ3v) is 3.92. The largest absolute Gasteiger partial charge is 0.384 e. The lowest BCUT2D eigenvalue weighted by molar-refractivity contribution is 0.213. The number of rotatable bonds is 5. The molecule has 0 bridgehead atoms. The maximum atomic E-state index is 4.36. The minimum Gasteiger partial charge on any atom is -0.384 e. The summed E-state index contributed by atoms with van der Waals surface area (Å²) < 4.78 is 0. The molecule has 106 valence electrons. The van der Waals surface area contributed by atoms with E-state index in [-0.39, 0.29) is 0 Å². The van der Waals surface area contributed by atoms with E-state index >= 15 is 0 Å². The van der Waals surface area contributed by atoms with E-state index in [1.807, 2.05) is 12.4 Å². The van der Waals surface area contributed by atoms with Gasteiger partial charge in [0, 0.05) is 32.2 Å². The summed E-state index contributed by atoms with van der Waals surface area (Å²) in [6, 6.07) is 2.88. The molecule has 19 heavy (non-hydrogen) atoms. The van der Waals surface area contributed by atoms with Crippen LogP contribution < -0.4 is 10.2 Å². The maximum Gasteiger partial charge on any atom is 0.0574 e. The van der Waals surface area contributed by atoms with Crippen LogP contribution >= 0.6 is 0 Å². The lowest BCUT2D eigenvalue weighted by Gasteiger charge is -2.40. The Balaban J connectivity index is 2.04. The van der Waals surface area contributed by atoms with Gasteiger partial charge in [0.25, 0.3) is 0 Å². The Labute approximate surface area is 116 Å². The molecular formula is C15H26N4. The van der Waals surface area contributed by atoms with Crippen molar-refractivity contribution in [2.75, 3.05) is 43.4 Å². The molecule has 2 rings (SSSR count). The molecule has 0 saturated carbocycles. The first-order chi connectivity index (χ1) is 9.24.